The lowest BCUT2D eigenvalue weighted by molar-refractivity contribution is 0.669. The summed E-state index contributed by atoms with van der Waals surface area (Å²) in [5.74, 6) is 0. The molecule has 0 N–H and O–H groups in total. The fourth-order valence-corrected chi connectivity index (χ4v) is 9.93. The highest BCUT2D eigenvalue weighted by Crippen LogP contribution is 2.41. The van der Waals surface area contributed by atoms with Gasteiger partial charge in [-0.05, 0) is 93.4 Å². The van der Waals surface area contributed by atoms with Gasteiger partial charge in [-0.2, -0.15) is 0 Å². The zero-order valence-corrected chi connectivity index (χ0v) is 34.4. The summed E-state index contributed by atoms with van der Waals surface area (Å²) in [5.41, 5.74) is 13.9. The summed E-state index contributed by atoms with van der Waals surface area (Å²) < 4.78 is 10.5. The van der Waals surface area contributed by atoms with Gasteiger partial charge in [-0.3, -0.25) is 0 Å². The maximum absolute atomic E-state index is 7.44. The van der Waals surface area contributed by atoms with Gasteiger partial charge < -0.3 is 13.6 Å². The minimum atomic E-state index is 0.169. The van der Waals surface area contributed by atoms with Crippen LogP contribution in [0.3, 0.4) is 0 Å². The Hall–Kier alpha value is -7.17. The van der Waals surface area contributed by atoms with Crippen molar-refractivity contribution in [3.05, 3.63) is 164 Å². The van der Waals surface area contributed by atoms with Gasteiger partial charge in [-0.1, -0.05) is 137 Å². The first kappa shape index (κ1) is 38.5. The van der Waals surface area contributed by atoms with Crippen molar-refractivity contribution in [1.82, 2.24) is 9.13 Å². The summed E-state index contributed by atoms with van der Waals surface area (Å²) in [6.45, 7) is 0. The maximum atomic E-state index is 7.44. The molecule has 14 radical (unpaired) electrons. The van der Waals surface area contributed by atoms with E-state index in [0.29, 0.717) is 43.8 Å². The van der Waals surface area contributed by atoms with Gasteiger partial charge in [0.2, 0.25) is 0 Å². The van der Waals surface area contributed by atoms with Crippen LogP contribution in [0.15, 0.2) is 168 Å². The zero-order chi connectivity index (χ0) is 43.5. The molecule has 0 aliphatic rings. The lowest BCUT2D eigenvalue weighted by Crippen LogP contribution is -2.48. The van der Waals surface area contributed by atoms with Gasteiger partial charge in [0.15, 0.2) is 0 Å². The lowest BCUT2D eigenvalue weighted by Gasteiger charge is -2.19. The molecule has 280 valence electrons. The summed E-state index contributed by atoms with van der Waals surface area (Å²) in [4.78, 5) is 0. The van der Waals surface area contributed by atoms with Crippen LogP contribution in [-0.4, -0.2) is 64.1 Å². The molecule has 0 aliphatic heterocycles. The molecule has 10 heteroatoms. The van der Waals surface area contributed by atoms with Gasteiger partial charge in [-0.15, -0.1) is 10.9 Å². The second kappa shape index (κ2) is 14.4. The van der Waals surface area contributed by atoms with E-state index in [1.165, 1.54) is 0 Å². The van der Waals surface area contributed by atoms with E-state index in [-0.39, 0.29) is 21.9 Å². The molecule has 12 rings (SSSR count). The van der Waals surface area contributed by atoms with Crippen LogP contribution in [0.2, 0.25) is 0 Å². The van der Waals surface area contributed by atoms with Gasteiger partial charge >= 0.3 is 0 Å². The molecule has 0 saturated heterocycles. The van der Waals surface area contributed by atoms with Crippen LogP contribution in [0, 0.1) is 0 Å². The SMILES string of the molecule is [B]c1c([B])c([B])c2c(c1[B])c1c([B])c(-c3ccc4c(c3)c3c(-c5ccccc5)cccc3n4-c3ccc4oc5ccccc5c4c3)c([B])c([B])c1n2-c1cccc(-c2ccccc2)c1. The second-order valence-corrected chi connectivity index (χ2v) is 16.4. The fraction of sp³-hybridized carbons (Fsp3) is 0. The monoisotopic (exact) mass is 796 g/mol. The Bertz CT molecular complexity index is 3930. The Morgan fingerprint density at radius 3 is 1.73 bits per heavy atom. The number of benzene rings is 9. The molecule has 3 heterocycles. The number of nitrogens with zero attached hydrogens (tertiary/aromatic N) is 2. The predicted molar refractivity (Wildman–Crippen MR) is 276 cm³/mol. The lowest BCUT2D eigenvalue weighted by atomic mass is 9.64. The third-order valence-corrected chi connectivity index (χ3v) is 12.9. The van der Waals surface area contributed by atoms with Crippen molar-refractivity contribution in [2.75, 3.05) is 0 Å². The first-order chi connectivity index (χ1) is 31.2. The van der Waals surface area contributed by atoms with Crippen LogP contribution in [0.25, 0.3) is 110 Å². The van der Waals surface area contributed by atoms with Crippen LogP contribution >= 0.6 is 0 Å². The number of furan rings is 1. The van der Waals surface area contributed by atoms with E-state index in [1.54, 1.807) is 0 Å². The first-order valence-corrected chi connectivity index (χ1v) is 21.0. The molecule has 3 aromatic heterocycles. The highest BCUT2D eigenvalue weighted by atomic mass is 16.3. The van der Waals surface area contributed by atoms with Crippen molar-refractivity contribution >= 4 is 159 Å². The van der Waals surface area contributed by atoms with Gasteiger partial charge in [0.05, 0.1) is 11.0 Å². The van der Waals surface area contributed by atoms with E-state index >= 15 is 0 Å². The normalized spacial score (nSPS) is 11.9. The highest BCUT2D eigenvalue weighted by Gasteiger charge is 2.25. The molecule has 0 atom stereocenters. The Morgan fingerprint density at radius 2 is 0.953 bits per heavy atom. The third-order valence-electron chi connectivity index (χ3n) is 12.9. The molecule has 12 aromatic rings. The minimum Gasteiger partial charge on any atom is -0.456 e. The molecule has 0 saturated carbocycles. The number of fused-ring (bicyclic) bond motifs is 9. The molecule has 3 nitrogen and oxygen atoms in total. The van der Waals surface area contributed by atoms with Crippen LogP contribution in [0.5, 0.6) is 0 Å². The Balaban J connectivity index is 1.16. The summed E-state index contributed by atoms with van der Waals surface area (Å²) in [5, 5.41) is 5.29. The molecule has 0 spiro atoms. The van der Waals surface area contributed by atoms with Crippen LogP contribution in [0.4, 0.5) is 0 Å². The largest absolute Gasteiger partial charge is 0.456 e. The zero-order valence-electron chi connectivity index (χ0n) is 34.4. The van der Waals surface area contributed by atoms with Crippen molar-refractivity contribution in [3.8, 4) is 44.8 Å². The summed E-state index contributed by atoms with van der Waals surface area (Å²) in [6.07, 6.45) is 0. The number of hydrogen-bond donors (Lipinski definition) is 0. The van der Waals surface area contributed by atoms with Crippen molar-refractivity contribution in [2.45, 2.75) is 0 Å². The molecular weight excluding hydrogens is 768 g/mol. The van der Waals surface area contributed by atoms with Gasteiger partial charge in [0.25, 0.3) is 0 Å². The maximum Gasteiger partial charge on any atom is 0.135 e. The molecule has 9 aromatic carbocycles. The average molecular weight is 796 g/mol. The Labute approximate surface area is 379 Å². The van der Waals surface area contributed by atoms with E-state index in [2.05, 4.69) is 102 Å². The Morgan fingerprint density at radius 1 is 0.328 bits per heavy atom. The van der Waals surface area contributed by atoms with E-state index < -0.39 is 0 Å². The standard InChI is InChI=1S/C54H27B7N2O/c55-46-42(47(56)51(60)53-44(46)45-48(57)49(58)50(59)52(61)54(45)63(53)32-16-9-15-30(25-32)28-11-3-1-4-12-28)31-21-23-38-37(26-31)43-34(29-13-5-2-6-14-29)18-10-19-39(43)62(38)33-22-24-41-36(27-33)35-17-7-8-20-40(35)64-41/h1-27H. The number of aromatic nitrogens is 2. The second-order valence-electron chi connectivity index (χ2n) is 16.4. The van der Waals surface area contributed by atoms with Crippen molar-refractivity contribution < 1.29 is 4.42 Å². The van der Waals surface area contributed by atoms with Gasteiger partial charge in [-0.25, -0.2) is 0 Å². The fourth-order valence-electron chi connectivity index (χ4n) is 9.93. The number of hydrogen-bond acceptors (Lipinski definition) is 1. The average Bonchev–Trinajstić information content (AvgIpc) is 4.01. The van der Waals surface area contributed by atoms with Crippen molar-refractivity contribution in [1.29, 1.82) is 0 Å². The number of rotatable bonds is 5. The summed E-state index contributed by atoms with van der Waals surface area (Å²) in [6, 6.07) is 55.9. The summed E-state index contributed by atoms with van der Waals surface area (Å²) >= 11 is 0. The minimum absolute atomic E-state index is 0.169. The summed E-state index contributed by atoms with van der Waals surface area (Å²) in [7, 11) is 48.9. The molecule has 0 fully saturated rings. The predicted octanol–water partition coefficient (Wildman–Crippen LogP) is 6.34. The molecule has 0 amide bonds. The third kappa shape index (κ3) is 5.51. The van der Waals surface area contributed by atoms with Crippen LogP contribution < -0.4 is 38.2 Å². The van der Waals surface area contributed by atoms with Crippen LogP contribution in [0.1, 0.15) is 0 Å². The van der Waals surface area contributed by atoms with Crippen molar-refractivity contribution in [3.63, 3.8) is 0 Å². The quantitative estimate of drug-likeness (QED) is 0.187. The molecule has 64 heavy (non-hydrogen) atoms. The smallest absolute Gasteiger partial charge is 0.135 e. The molecule has 0 bridgehead atoms. The van der Waals surface area contributed by atoms with E-state index in [1.807, 2.05) is 71.3 Å². The van der Waals surface area contributed by atoms with E-state index in [0.717, 1.165) is 82.9 Å². The van der Waals surface area contributed by atoms with E-state index in [9.17, 15) is 0 Å². The molecular formula is C54H27B7N2O. The Kier molecular flexibility index (Phi) is 8.69. The molecule has 0 unspecified atom stereocenters. The van der Waals surface area contributed by atoms with Gasteiger partial charge in [0.1, 0.15) is 66.1 Å². The topological polar surface area (TPSA) is 23.0 Å². The highest BCUT2D eigenvalue weighted by molar-refractivity contribution is 6.69. The van der Waals surface area contributed by atoms with E-state index in [4.69, 9.17) is 59.3 Å². The van der Waals surface area contributed by atoms with Gasteiger partial charge in [0, 0.05) is 49.3 Å². The molecule has 0 aliphatic carbocycles. The number of para-hydroxylation sites is 1. The van der Waals surface area contributed by atoms with Crippen molar-refractivity contribution in [2.24, 2.45) is 0 Å². The first-order valence-electron chi connectivity index (χ1n) is 21.0. The van der Waals surface area contributed by atoms with Crippen LogP contribution in [-0.2, 0) is 0 Å².